The molecule has 2 rings (SSSR count). The molecule has 0 fully saturated rings. The highest BCUT2D eigenvalue weighted by Crippen LogP contribution is 2.12. The van der Waals surface area contributed by atoms with Crippen molar-refractivity contribution in [1.82, 2.24) is 9.78 Å². The normalized spacial score (nSPS) is 10.6. The van der Waals surface area contributed by atoms with Crippen LogP contribution < -0.4 is 0 Å². The fraction of sp³-hybridized carbons (Fsp3) is 0.333. The summed E-state index contributed by atoms with van der Waals surface area (Å²) in [6.45, 7) is 4.81. The topological polar surface area (TPSA) is 34.9 Å². The fourth-order valence-electron chi connectivity index (χ4n) is 2.09. The van der Waals surface area contributed by atoms with E-state index >= 15 is 0 Å². The summed E-state index contributed by atoms with van der Waals surface area (Å²) in [6.07, 6.45) is 3.02. The van der Waals surface area contributed by atoms with E-state index in [4.69, 9.17) is 0 Å². The van der Waals surface area contributed by atoms with Crippen LogP contribution in [0.1, 0.15) is 35.0 Å². The van der Waals surface area contributed by atoms with E-state index < -0.39 is 0 Å². The molecule has 1 aromatic carbocycles. The largest absolute Gasteiger partial charge is 0.292 e. The molecule has 0 N–H and O–H groups in total. The average molecular weight is 242 g/mol. The van der Waals surface area contributed by atoms with E-state index in [1.54, 1.807) is 16.9 Å². The quantitative estimate of drug-likeness (QED) is 0.755. The number of nitrogens with zero attached hydrogens (tertiary/aromatic N) is 2. The Hall–Kier alpha value is -1.90. The molecule has 1 aromatic heterocycles. The van der Waals surface area contributed by atoms with Gasteiger partial charge in [0, 0.05) is 19.2 Å². The number of ketones is 1. The molecule has 0 radical (unpaired) electrons. The Morgan fingerprint density at radius 2 is 2.06 bits per heavy atom. The van der Waals surface area contributed by atoms with Gasteiger partial charge in [-0.05, 0) is 37.5 Å². The van der Waals surface area contributed by atoms with Gasteiger partial charge in [-0.25, -0.2) is 0 Å². The van der Waals surface area contributed by atoms with Crippen LogP contribution in [0.4, 0.5) is 0 Å². The SMILES string of the molecule is CCn1nccc1C(=O)CCc1ccccc1C. The maximum atomic E-state index is 12.1. The molecule has 0 saturated heterocycles. The molecule has 0 atom stereocenters. The molecule has 18 heavy (non-hydrogen) atoms. The minimum Gasteiger partial charge on any atom is -0.292 e. The summed E-state index contributed by atoms with van der Waals surface area (Å²) in [4.78, 5) is 12.1. The standard InChI is InChI=1S/C15H18N2O/c1-3-17-14(10-11-16-17)15(18)9-8-13-7-5-4-6-12(13)2/h4-7,10-11H,3,8-9H2,1-2H3. The second-order valence-electron chi connectivity index (χ2n) is 4.38. The first kappa shape index (κ1) is 12.6. The zero-order valence-electron chi connectivity index (χ0n) is 10.9. The smallest absolute Gasteiger partial charge is 0.181 e. The number of hydrogen-bond donors (Lipinski definition) is 0. The number of benzene rings is 1. The number of carbonyl (C=O) groups is 1. The van der Waals surface area contributed by atoms with Crippen molar-refractivity contribution < 1.29 is 4.79 Å². The van der Waals surface area contributed by atoms with E-state index in [1.165, 1.54) is 11.1 Å². The third-order valence-corrected chi connectivity index (χ3v) is 3.18. The molecule has 0 amide bonds. The van der Waals surface area contributed by atoms with Gasteiger partial charge in [-0.1, -0.05) is 24.3 Å². The number of carbonyl (C=O) groups excluding carboxylic acids is 1. The van der Waals surface area contributed by atoms with Crippen LogP contribution in [0.3, 0.4) is 0 Å². The zero-order valence-corrected chi connectivity index (χ0v) is 10.9. The first-order chi connectivity index (χ1) is 8.72. The average Bonchev–Trinajstić information content (AvgIpc) is 2.86. The molecule has 0 aliphatic rings. The molecule has 0 spiro atoms. The summed E-state index contributed by atoms with van der Waals surface area (Å²) < 4.78 is 1.75. The van der Waals surface area contributed by atoms with Gasteiger partial charge in [-0.15, -0.1) is 0 Å². The van der Waals surface area contributed by atoms with Gasteiger partial charge < -0.3 is 0 Å². The Labute approximate surface area is 107 Å². The first-order valence-corrected chi connectivity index (χ1v) is 6.32. The highest BCUT2D eigenvalue weighted by molar-refractivity contribution is 5.94. The molecule has 0 aliphatic heterocycles. The second-order valence-corrected chi connectivity index (χ2v) is 4.38. The Morgan fingerprint density at radius 1 is 1.28 bits per heavy atom. The van der Waals surface area contributed by atoms with Crippen LogP contribution in [0.15, 0.2) is 36.5 Å². The van der Waals surface area contributed by atoms with Gasteiger partial charge in [0.15, 0.2) is 5.78 Å². The summed E-state index contributed by atoms with van der Waals surface area (Å²) in [6, 6.07) is 10.00. The van der Waals surface area contributed by atoms with Gasteiger partial charge in [-0.3, -0.25) is 9.48 Å². The van der Waals surface area contributed by atoms with Crippen molar-refractivity contribution in [2.24, 2.45) is 0 Å². The molecular weight excluding hydrogens is 224 g/mol. The number of aromatic nitrogens is 2. The van der Waals surface area contributed by atoms with Crippen molar-refractivity contribution in [2.45, 2.75) is 33.2 Å². The van der Waals surface area contributed by atoms with Crippen molar-refractivity contribution in [3.8, 4) is 0 Å². The fourth-order valence-corrected chi connectivity index (χ4v) is 2.09. The highest BCUT2D eigenvalue weighted by Gasteiger charge is 2.11. The maximum absolute atomic E-state index is 12.1. The van der Waals surface area contributed by atoms with Crippen molar-refractivity contribution in [3.05, 3.63) is 53.3 Å². The van der Waals surface area contributed by atoms with E-state index in [9.17, 15) is 4.79 Å². The molecule has 0 aliphatic carbocycles. The maximum Gasteiger partial charge on any atom is 0.181 e. The van der Waals surface area contributed by atoms with Crippen LogP contribution in [-0.4, -0.2) is 15.6 Å². The molecular formula is C15H18N2O. The molecule has 0 saturated carbocycles. The van der Waals surface area contributed by atoms with Crippen molar-refractivity contribution >= 4 is 5.78 Å². The third kappa shape index (κ3) is 2.67. The van der Waals surface area contributed by atoms with E-state index in [-0.39, 0.29) is 5.78 Å². The van der Waals surface area contributed by atoms with Gasteiger partial charge in [0.2, 0.25) is 0 Å². The molecule has 3 heteroatoms. The molecule has 0 unspecified atom stereocenters. The molecule has 94 valence electrons. The summed E-state index contributed by atoms with van der Waals surface area (Å²) in [5.41, 5.74) is 3.20. The van der Waals surface area contributed by atoms with Crippen molar-refractivity contribution in [2.75, 3.05) is 0 Å². The monoisotopic (exact) mass is 242 g/mol. The van der Waals surface area contributed by atoms with Gasteiger partial charge >= 0.3 is 0 Å². The van der Waals surface area contributed by atoms with Gasteiger partial charge in [0.25, 0.3) is 0 Å². The van der Waals surface area contributed by atoms with Crippen molar-refractivity contribution in [3.63, 3.8) is 0 Å². The Kier molecular flexibility index (Phi) is 3.92. The first-order valence-electron chi connectivity index (χ1n) is 6.32. The number of hydrogen-bond acceptors (Lipinski definition) is 2. The lowest BCUT2D eigenvalue weighted by Gasteiger charge is -2.06. The van der Waals surface area contributed by atoms with E-state index in [0.717, 1.165) is 13.0 Å². The summed E-state index contributed by atoms with van der Waals surface area (Å²) >= 11 is 0. The Bertz CT molecular complexity index is 543. The number of rotatable bonds is 5. The van der Waals surface area contributed by atoms with Crippen LogP contribution >= 0.6 is 0 Å². The molecule has 0 bridgehead atoms. The third-order valence-electron chi connectivity index (χ3n) is 3.18. The zero-order chi connectivity index (χ0) is 13.0. The minimum atomic E-state index is 0.164. The molecule has 3 nitrogen and oxygen atoms in total. The van der Waals surface area contributed by atoms with Gasteiger partial charge in [0.1, 0.15) is 5.69 Å². The minimum absolute atomic E-state index is 0.164. The predicted octanol–water partition coefficient (Wildman–Crippen LogP) is 3.03. The van der Waals surface area contributed by atoms with E-state index in [2.05, 4.69) is 24.2 Å². The predicted molar refractivity (Wildman–Crippen MR) is 71.7 cm³/mol. The van der Waals surface area contributed by atoms with Crippen LogP contribution in [0.25, 0.3) is 0 Å². The number of Topliss-reactive ketones (excluding diaryl/α,β-unsaturated/α-hetero) is 1. The van der Waals surface area contributed by atoms with Crippen LogP contribution in [-0.2, 0) is 13.0 Å². The van der Waals surface area contributed by atoms with Crippen LogP contribution in [0, 0.1) is 6.92 Å². The van der Waals surface area contributed by atoms with Crippen LogP contribution in [0.2, 0.25) is 0 Å². The lowest BCUT2D eigenvalue weighted by molar-refractivity contribution is 0.0972. The molecule has 1 heterocycles. The highest BCUT2D eigenvalue weighted by atomic mass is 16.1. The Morgan fingerprint density at radius 3 is 2.78 bits per heavy atom. The van der Waals surface area contributed by atoms with Gasteiger partial charge in [-0.2, -0.15) is 5.10 Å². The van der Waals surface area contributed by atoms with Gasteiger partial charge in [0.05, 0.1) is 0 Å². The second kappa shape index (κ2) is 5.63. The van der Waals surface area contributed by atoms with E-state index in [0.29, 0.717) is 12.1 Å². The summed E-state index contributed by atoms with van der Waals surface area (Å²) in [5, 5.41) is 4.12. The Balaban J connectivity index is 2.03. The van der Waals surface area contributed by atoms with E-state index in [1.807, 2.05) is 19.1 Å². The summed E-state index contributed by atoms with van der Waals surface area (Å²) in [5.74, 6) is 0.164. The lowest BCUT2D eigenvalue weighted by Crippen LogP contribution is -2.10. The van der Waals surface area contributed by atoms with Crippen molar-refractivity contribution in [1.29, 1.82) is 0 Å². The lowest BCUT2D eigenvalue weighted by atomic mass is 10.0. The van der Waals surface area contributed by atoms with Crippen LogP contribution in [0.5, 0.6) is 0 Å². The molecule has 2 aromatic rings. The number of aryl methyl sites for hydroxylation is 3. The summed E-state index contributed by atoms with van der Waals surface area (Å²) in [7, 11) is 0.